The molecule has 0 aromatic heterocycles. The molecule has 0 saturated carbocycles. The maximum absolute atomic E-state index is 13.7. The zero-order valence-corrected chi connectivity index (χ0v) is 22.7. The Bertz CT molecular complexity index is 1200. The summed E-state index contributed by atoms with van der Waals surface area (Å²) in [6.07, 6.45) is 1.39. The third-order valence-corrected chi connectivity index (χ3v) is 7.05. The summed E-state index contributed by atoms with van der Waals surface area (Å²) in [4.78, 5) is 28.3. The van der Waals surface area contributed by atoms with E-state index < -0.39 is 28.5 Å². The van der Waals surface area contributed by atoms with Gasteiger partial charge in [0.15, 0.2) is 11.5 Å². The van der Waals surface area contributed by atoms with Gasteiger partial charge in [0.2, 0.25) is 28.6 Å². The molecule has 1 N–H and O–H groups in total. The number of nitrogens with zero attached hydrogens (tertiary/aromatic N) is 2. The van der Waals surface area contributed by atoms with Crippen LogP contribution in [0.3, 0.4) is 0 Å². The van der Waals surface area contributed by atoms with Crippen molar-refractivity contribution in [2.24, 2.45) is 5.92 Å². The third-order valence-electron chi connectivity index (χ3n) is 5.91. The molecule has 0 aliphatic carbocycles. The molecule has 2 amide bonds. The number of benzene rings is 2. The lowest BCUT2D eigenvalue weighted by Crippen LogP contribution is -2.52. The summed E-state index contributed by atoms with van der Waals surface area (Å²) < 4.78 is 42.4. The second kappa shape index (κ2) is 12.2. The largest absolute Gasteiger partial charge is 0.497 e. The highest BCUT2D eigenvalue weighted by molar-refractivity contribution is 7.92. The van der Waals surface area contributed by atoms with Crippen molar-refractivity contribution in [3.63, 3.8) is 0 Å². The molecule has 0 spiro atoms. The Balaban J connectivity index is 1.92. The fourth-order valence-electron chi connectivity index (χ4n) is 3.92. The molecule has 1 aliphatic rings. The third kappa shape index (κ3) is 7.28. The average molecular weight is 534 g/mol. The minimum atomic E-state index is -3.85. The first kappa shape index (κ1) is 28.1. The molecule has 3 rings (SSSR count). The van der Waals surface area contributed by atoms with Crippen LogP contribution >= 0.6 is 0 Å². The number of nitrogens with one attached hydrogen (secondary N) is 1. The molecular formula is C26H35N3O7S. The number of sulfonamides is 1. The van der Waals surface area contributed by atoms with Crippen molar-refractivity contribution >= 4 is 27.5 Å². The number of carbonyl (C=O) groups is 2. The van der Waals surface area contributed by atoms with Crippen LogP contribution in [0, 0.1) is 5.92 Å². The van der Waals surface area contributed by atoms with Gasteiger partial charge in [-0.15, -0.1) is 0 Å². The van der Waals surface area contributed by atoms with Crippen LogP contribution < -0.4 is 23.8 Å². The fourth-order valence-corrected chi connectivity index (χ4v) is 4.77. The Morgan fingerprint density at radius 1 is 1.08 bits per heavy atom. The summed E-state index contributed by atoms with van der Waals surface area (Å²) in [6, 6.07) is 11.1. The van der Waals surface area contributed by atoms with Gasteiger partial charge in [-0.05, 0) is 42.2 Å². The van der Waals surface area contributed by atoms with Gasteiger partial charge in [0.05, 0.1) is 19.1 Å². The van der Waals surface area contributed by atoms with Crippen LogP contribution in [0.2, 0.25) is 0 Å². The van der Waals surface area contributed by atoms with E-state index in [0.29, 0.717) is 30.2 Å². The number of carbonyl (C=O) groups excluding carboxylic acids is 2. The Morgan fingerprint density at radius 3 is 2.35 bits per heavy atom. The molecule has 10 nitrogen and oxygen atoms in total. The molecule has 1 atom stereocenters. The summed E-state index contributed by atoms with van der Waals surface area (Å²) in [6.45, 7) is 5.92. The van der Waals surface area contributed by atoms with Crippen molar-refractivity contribution < 1.29 is 32.2 Å². The Kier molecular flexibility index (Phi) is 9.25. The number of hydrogen-bond donors (Lipinski definition) is 1. The molecule has 2 aromatic rings. The molecule has 37 heavy (non-hydrogen) atoms. The van der Waals surface area contributed by atoms with Gasteiger partial charge in [0.1, 0.15) is 18.3 Å². The van der Waals surface area contributed by atoms with Crippen molar-refractivity contribution in [3.8, 4) is 17.2 Å². The lowest BCUT2D eigenvalue weighted by atomic mass is 10.1. The smallest absolute Gasteiger partial charge is 0.244 e. The number of methoxy groups -OCH3 is 1. The van der Waals surface area contributed by atoms with E-state index in [-0.39, 0.29) is 30.9 Å². The summed E-state index contributed by atoms with van der Waals surface area (Å²) in [5.74, 6) is 0.997. The number of fused-ring (bicyclic) bond motifs is 1. The highest BCUT2D eigenvalue weighted by Gasteiger charge is 2.32. The highest BCUT2D eigenvalue weighted by atomic mass is 32.2. The number of anilines is 1. The minimum absolute atomic E-state index is 0.0376. The molecule has 0 bridgehead atoms. The summed E-state index contributed by atoms with van der Waals surface area (Å²) in [5, 5.41) is 2.90. The van der Waals surface area contributed by atoms with E-state index in [1.807, 2.05) is 32.9 Å². The van der Waals surface area contributed by atoms with E-state index in [9.17, 15) is 18.0 Å². The van der Waals surface area contributed by atoms with Gasteiger partial charge in [-0.1, -0.05) is 32.9 Å². The van der Waals surface area contributed by atoms with Crippen molar-refractivity contribution in [1.29, 1.82) is 0 Å². The van der Waals surface area contributed by atoms with Crippen molar-refractivity contribution in [1.82, 2.24) is 10.2 Å². The molecule has 0 fully saturated rings. The maximum Gasteiger partial charge on any atom is 0.244 e. The molecule has 1 heterocycles. The van der Waals surface area contributed by atoms with Gasteiger partial charge in [-0.2, -0.15) is 0 Å². The van der Waals surface area contributed by atoms with Gasteiger partial charge in [0, 0.05) is 19.2 Å². The molecule has 0 radical (unpaired) electrons. The summed E-state index contributed by atoms with van der Waals surface area (Å²) in [5.41, 5.74) is 1.04. The lowest BCUT2D eigenvalue weighted by Gasteiger charge is -2.33. The van der Waals surface area contributed by atoms with E-state index in [1.165, 1.54) is 11.0 Å². The fraction of sp³-hybridized carbons (Fsp3) is 0.462. The van der Waals surface area contributed by atoms with Crippen molar-refractivity contribution in [3.05, 3.63) is 48.0 Å². The van der Waals surface area contributed by atoms with E-state index in [4.69, 9.17) is 14.2 Å². The van der Waals surface area contributed by atoms with Gasteiger partial charge in [0.25, 0.3) is 0 Å². The van der Waals surface area contributed by atoms with Gasteiger partial charge < -0.3 is 24.4 Å². The first-order chi connectivity index (χ1) is 17.5. The Morgan fingerprint density at radius 2 is 1.76 bits per heavy atom. The predicted octanol–water partition coefficient (Wildman–Crippen LogP) is 2.77. The Labute approximate surface area is 218 Å². The normalized spacial score (nSPS) is 13.2. The summed E-state index contributed by atoms with van der Waals surface area (Å²) >= 11 is 0. The van der Waals surface area contributed by atoms with Gasteiger partial charge in [-0.25, -0.2) is 8.42 Å². The predicted molar refractivity (Wildman–Crippen MR) is 140 cm³/mol. The van der Waals surface area contributed by atoms with E-state index in [2.05, 4.69) is 5.32 Å². The zero-order chi connectivity index (χ0) is 27.2. The van der Waals surface area contributed by atoms with Gasteiger partial charge >= 0.3 is 0 Å². The van der Waals surface area contributed by atoms with Crippen LogP contribution in [0.1, 0.15) is 32.8 Å². The molecule has 1 aliphatic heterocycles. The van der Waals surface area contributed by atoms with Crippen LogP contribution in [0.15, 0.2) is 42.5 Å². The van der Waals surface area contributed by atoms with Gasteiger partial charge in [-0.3, -0.25) is 13.9 Å². The number of ether oxygens (including phenoxy) is 3. The standard InChI is InChI=1S/C26H35N3O7S/c1-6-22(26(31)27-14-18(2)3)28(15-19-7-10-21(34-4)11-8-19)25(30)16-29(37(5,32)33)20-9-12-23-24(13-20)36-17-35-23/h7-13,18,22H,6,14-17H2,1-5H3,(H,27,31). The average Bonchev–Trinajstić information content (AvgIpc) is 3.33. The van der Waals surface area contributed by atoms with Crippen LogP contribution in [-0.2, 0) is 26.2 Å². The zero-order valence-electron chi connectivity index (χ0n) is 21.9. The minimum Gasteiger partial charge on any atom is -0.497 e. The molecule has 2 aromatic carbocycles. The van der Waals surface area contributed by atoms with E-state index in [0.717, 1.165) is 16.1 Å². The first-order valence-corrected chi connectivity index (χ1v) is 14.0. The SMILES string of the molecule is CCC(C(=O)NCC(C)C)N(Cc1ccc(OC)cc1)C(=O)CN(c1ccc2c(c1)OCO2)S(C)(=O)=O. The number of rotatable bonds is 12. The van der Waals surface area contributed by atoms with Crippen LogP contribution in [0.5, 0.6) is 17.2 Å². The van der Waals surface area contributed by atoms with E-state index >= 15 is 0 Å². The van der Waals surface area contributed by atoms with Crippen molar-refractivity contribution in [2.45, 2.75) is 39.8 Å². The second-order valence-electron chi connectivity index (χ2n) is 9.24. The Hall–Kier alpha value is -3.47. The molecular weight excluding hydrogens is 498 g/mol. The topological polar surface area (TPSA) is 114 Å². The van der Waals surface area contributed by atoms with E-state index in [1.54, 1.807) is 31.4 Å². The first-order valence-electron chi connectivity index (χ1n) is 12.1. The van der Waals surface area contributed by atoms with Crippen molar-refractivity contribution in [2.75, 3.05) is 37.6 Å². The molecule has 0 saturated heterocycles. The molecule has 11 heteroatoms. The van der Waals surface area contributed by atoms with Crippen LogP contribution in [-0.4, -0.2) is 64.4 Å². The molecule has 1 unspecified atom stereocenters. The lowest BCUT2D eigenvalue weighted by molar-refractivity contribution is -0.140. The molecule has 202 valence electrons. The number of amides is 2. The quantitative estimate of drug-likeness (QED) is 0.446. The highest BCUT2D eigenvalue weighted by Crippen LogP contribution is 2.36. The second-order valence-corrected chi connectivity index (χ2v) is 11.1. The maximum atomic E-state index is 13.7. The number of hydrogen-bond acceptors (Lipinski definition) is 7. The van der Waals surface area contributed by atoms with Crippen LogP contribution in [0.25, 0.3) is 0 Å². The summed E-state index contributed by atoms with van der Waals surface area (Å²) in [7, 11) is -2.29. The monoisotopic (exact) mass is 533 g/mol. The van der Waals surface area contributed by atoms with Crippen LogP contribution in [0.4, 0.5) is 5.69 Å².